The molecule has 0 unspecified atom stereocenters. The molecule has 0 saturated carbocycles. The van der Waals surface area contributed by atoms with Gasteiger partial charge in [0.1, 0.15) is 5.82 Å². The molecule has 6 nitrogen and oxygen atoms in total. The fourth-order valence-corrected chi connectivity index (χ4v) is 4.49. The van der Waals surface area contributed by atoms with E-state index >= 15 is 0 Å². The number of nitrogens with zero attached hydrogens (tertiary/aromatic N) is 5. The molecule has 2 heterocycles. The summed E-state index contributed by atoms with van der Waals surface area (Å²) < 4.78 is 0. The van der Waals surface area contributed by atoms with Crippen LogP contribution in [0.15, 0.2) is 6.07 Å². The lowest BCUT2D eigenvalue weighted by atomic mass is 9.93. The Hall–Kier alpha value is -1.92. The maximum atomic E-state index is 4.92. The molecule has 1 N–H and O–H groups in total. The molecule has 1 aromatic carbocycles. The van der Waals surface area contributed by atoms with Gasteiger partial charge in [-0.3, -0.25) is 0 Å². The number of anilines is 2. The second-order valence-corrected chi connectivity index (χ2v) is 9.04. The first-order valence-electron chi connectivity index (χ1n) is 11.5. The van der Waals surface area contributed by atoms with Crippen LogP contribution in [0.3, 0.4) is 0 Å². The van der Waals surface area contributed by atoms with Crippen LogP contribution >= 0.6 is 0 Å². The summed E-state index contributed by atoms with van der Waals surface area (Å²) in [6, 6.07) is 2.33. The van der Waals surface area contributed by atoms with Crippen LogP contribution in [0.2, 0.25) is 0 Å². The number of hydrogen-bond donors (Lipinski definition) is 1. The van der Waals surface area contributed by atoms with Crippen LogP contribution in [0.1, 0.15) is 42.9 Å². The minimum absolute atomic E-state index is 0.764. The number of likely N-dealkylation sites (N-methyl/N-ethyl adjacent to an activating group) is 1. The molecule has 2 aromatic rings. The second kappa shape index (κ2) is 10.4. The van der Waals surface area contributed by atoms with E-state index in [0.717, 1.165) is 49.8 Å². The summed E-state index contributed by atoms with van der Waals surface area (Å²) in [4.78, 5) is 16.6. The van der Waals surface area contributed by atoms with E-state index in [1.807, 2.05) is 19.0 Å². The van der Waals surface area contributed by atoms with Crippen LogP contribution in [0.5, 0.6) is 0 Å². The van der Waals surface area contributed by atoms with Gasteiger partial charge in [0.05, 0.1) is 5.52 Å². The van der Waals surface area contributed by atoms with E-state index < -0.39 is 0 Å². The topological polar surface area (TPSA) is 47.5 Å². The fourth-order valence-electron chi connectivity index (χ4n) is 4.49. The number of aryl methyl sites for hydroxylation is 1. The summed E-state index contributed by atoms with van der Waals surface area (Å²) in [5.74, 6) is 1.72. The quantitative estimate of drug-likeness (QED) is 0.679. The van der Waals surface area contributed by atoms with E-state index in [1.54, 1.807) is 0 Å². The second-order valence-electron chi connectivity index (χ2n) is 9.04. The Kier molecular flexibility index (Phi) is 7.89. The number of rotatable bonds is 9. The summed E-state index contributed by atoms with van der Waals surface area (Å²) in [5.41, 5.74) is 5.32. The Morgan fingerprint density at radius 1 is 1.07 bits per heavy atom. The molecule has 0 atom stereocenters. The lowest BCUT2D eigenvalue weighted by molar-refractivity contribution is 0.231. The number of benzene rings is 1. The number of nitrogens with one attached hydrogen (secondary N) is 1. The molecule has 0 radical (unpaired) electrons. The Balaban J connectivity index is 1.97. The van der Waals surface area contributed by atoms with E-state index in [4.69, 9.17) is 9.97 Å². The van der Waals surface area contributed by atoms with E-state index in [2.05, 4.69) is 49.1 Å². The molecule has 0 bridgehead atoms. The highest BCUT2D eigenvalue weighted by molar-refractivity contribution is 5.94. The van der Waals surface area contributed by atoms with E-state index in [0.29, 0.717) is 0 Å². The van der Waals surface area contributed by atoms with Gasteiger partial charge in [-0.15, -0.1) is 0 Å². The highest BCUT2D eigenvalue weighted by Crippen LogP contribution is 2.31. The summed E-state index contributed by atoms with van der Waals surface area (Å²) >= 11 is 0. The summed E-state index contributed by atoms with van der Waals surface area (Å²) in [6.07, 6.45) is 6.23. The van der Waals surface area contributed by atoms with Crippen LogP contribution < -0.4 is 10.2 Å². The van der Waals surface area contributed by atoms with E-state index in [9.17, 15) is 0 Å². The molecule has 0 spiro atoms. The number of piperidine rings is 1. The first-order chi connectivity index (χ1) is 14.4. The van der Waals surface area contributed by atoms with Gasteiger partial charge in [-0.2, -0.15) is 4.98 Å². The molecule has 1 fully saturated rings. The molecule has 1 saturated heterocycles. The van der Waals surface area contributed by atoms with Gasteiger partial charge in [-0.1, -0.05) is 13.3 Å². The van der Waals surface area contributed by atoms with Crippen molar-refractivity contribution in [1.82, 2.24) is 19.8 Å². The van der Waals surface area contributed by atoms with Crippen LogP contribution in [0, 0.1) is 6.92 Å². The van der Waals surface area contributed by atoms with E-state index in [1.165, 1.54) is 54.4 Å². The largest absolute Gasteiger partial charge is 0.368 e. The Bertz CT molecular complexity index is 839. The molecule has 6 heteroatoms. The van der Waals surface area contributed by atoms with Crippen LogP contribution in [-0.2, 0) is 12.8 Å². The fraction of sp³-hybridized carbons (Fsp3) is 0.667. The number of hydrogen-bond acceptors (Lipinski definition) is 6. The van der Waals surface area contributed by atoms with E-state index in [-0.39, 0.29) is 0 Å². The summed E-state index contributed by atoms with van der Waals surface area (Å²) in [5, 5.41) is 4.76. The van der Waals surface area contributed by atoms with Crippen molar-refractivity contribution in [2.24, 2.45) is 0 Å². The summed E-state index contributed by atoms with van der Waals surface area (Å²) in [6.45, 7) is 10.0. The third-order valence-corrected chi connectivity index (χ3v) is 6.20. The summed E-state index contributed by atoms with van der Waals surface area (Å²) in [7, 11) is 8.21. The zero-order valence-electron chi connectivity index (χ0n) is 19.9. The number of aromatic nitrogens is 2. The monoisotopic (exact) mass is 412 g/mol. The molecular formula is C24H40N6. The van der Waals surface area contributed by atoms with Gasteiger partial charge in [0.15, 0.2) is 0 Å². The van der Waals surface area contributed by atoms with Crippen molar-refractivity contribution in [1.29, 1.82) is 0 Å². The molecule has 1 aliphatic heterocycles. The van der Waals surface area contributed by atoms with Crippen molar-refractivity contribution < 1.29 is 0 Å². The molecule has 1 aliphatic rings. The van der Waals surface area contributed by atoms with Gasteiger partial charge in [0.25, 0.3) is 0 Å². The molecule has 0 amide bonds. The highest BCUT2D eigenvalue weighted by Gasteiger charge is 2.18. The van der Waals surface area contributed by atoms with Gasteiger partial charge >= 0.3 is 0 Å². The van der Waals surface area contributed by atoms with Crippen molar-refractivity contribution in [3.05, 3.63) is 22.8 Å². The standard InChI is InChI=1S/C24H40N6/c1-7-20-18(2)22-21(17-19(20)11-15-30-13-9-8-10-14-30)26-24(29(5)6)27-23(22)25-12-16-28(3)4/h17H,7-16H2,1-6H3,(H,25,26,27). The Labute approximate surface area is 182 Å². The lowest BCUT2D eigenvalue weighted by Crippen LogP contribution is -2.31. The average molecular weight is 413 g/mol. The molecule has 1 aromatic heterocycles. The first kappa shape index (κ1) is 22.8. The molecular weight excluding hydrogens is 372 g/mol. The number of likely N-dealkylation sites (tertiary alicyclic amines) is 1. The maximum absolute atomic E-state index is 4.92. The van der Waals surface area contributed by atoms with Crippen molar-refractivity contribution in [3.8, 4) is 0 Å². The third-order valence-electron chi connectivity index (χ3n) is 6.20. The van der Waals surface area contributed by atoms with Crippen LogP contribution in [0.4, 0.5) is 11.8 Å². The third kappa shape index (κ3) is 5.41. The predicted molar refractivity (Wildman–Crippen MR) is 129 cm³/mol. The van der Waals surface area contributed by atoms with Gasteiger partial charge in [0, 0.05) is 39.1 Å². The first-order valence-corrected chi connectivity index (χ1v) is 11.5. The molecule has 166 valence electrons. The molecule has 3 rings (SSSR count). The van der Waals surface area contributed by atoms with Crippen LogP contribution in [-0.4, -0.2) is 80.7 Å². The van der Waals surface area contributed by atoms with Crippen molar-refractivity contribution in [3.63, 3.8) is 0 Å². The van der Waals surface area contributed by atoms with Crippen molar-refractivity contribution in [2.75, 3.05) is 71.1 Å². The normalized spacial score (nSPS) is 15.2. The van der Waals surface area contributed by atoms with Gasteiger partial charge in [-0.05, 0) is 82.5 Å². The van der Waals surface area contributed by atoms with Gasteiger partial charge in [-0.25, -0.2) is 4.98 Å². The average Bonchev–Trinajstić information content (AvgIpc) is 2.72. The minimum atomic E-state index is 0.764. The lowest BCUT2D eigenvalue weighted by Gasteiger charge is -2.27. The van der Waals surface area contributed by atoms with Crippen LogP contribution in [0.25, 0.3) is 10.9 Å². The maximum Gasteiger partial charge on any atom is 0.227 e. The van der Waals surface area contributed by atoms with Crippen molar-refractivity contribution >= 4 is 22.7 Å². The smallest absolute Gasteiger partial charge is 0.227 e. The van der Waals surface area contributed by atoms with Crippen molar-refractivity contribution in [2.45, 2.75) is 46.0 Å². The van der Waals surface area contributed by atoms with Gasteiger partial charge < -0.3 is 20.0 Å². The minimum Gasteiger partial charge on any atom is -0.368 e. The SMILES string of the molecule is CCc1c(CCN2CCCCC2)cc2nc(N(C)C)nc(NCCN(C)C)c2c1C. The van der Waals surface area contributed by atoms with Gasteiger partial charge in [0.2, 0.25) is 5.95 Å². The Morgan fingerprint density at radius 2 is 1.80 bits per heavy atom. The molecule has 0 aliphatic carbocycles. The zero-order chi connectivity index (χ0) is 21.7. The molecule has 30 heavy (non-hydrogen) atoms. The highest BCUT2D eigenvalue weighted by atomic mass is 15.2. The number of fused-ring (bicyclic) bond motifs is 1. The predicted octanol–water partition coefficient (Wildman–Crippen LogP) is 3.57. The zero-order valence-corrected chi connectivity index (χ0v) is 19.9. The Morgan fingerprint density at radius 3 is 2.43 bits per heavy atom.